The topological polar surface area (TPSA) is 49.4 Å². The van der Waals surface area contributed by atoms with E-state index in [2.05, 4.69) is 5.32 Å². The summed E-state index contributed by atoms with van der Waals surface area (Å²) in [4.78, 5) is 22.9. The molecule has 1 saturated heterocycles. The molecule has 9 heteroatoms. The van der Waals surface area contributed by atoms with E-state index in [9.17, 15) is 31.5 Å². The normalized spacial score (nSPS) is 20.6. The first-order valence-corrected chi connectivity index (χ1v) is 4.97. The summed E-state index contributed by atoms with van der Waals surface area (Å²) >= 11 is 0. The van der Waals surface area contributed by atoms with Crippen LogP contribution in [-0.2, 0) is 9.59 Å². The third kappa shape index (κ3) is 2.13. The standard InChI is InChI=1S/C9H11F5N2O2/c1-7(2)5(17)15-3-4-16(7)6(18)8(10,11)9(12,13)14/h3-4H2,1-2H3,(H,15,17). The van der Waals surface area contributed by atoms with E-state index in [4.69, 9.17) is 0 Å². The number of hydrogen-bond acceptors (Lipinski definition) is 2. The maximum Gasteiger partial charge on any atom is 0.463 e. The number of nitrogens with one attached hydrogen (secondary N) is 1. The van der Waals surface area contributed by atoms with Crippen LogP contribution in [0.2, 0.25) is 0 Å². The highest BCUT2D eigenvalue weighted by molar-refractivity contribution is 5.94. The Bertz CT molecular complexity index is 378. The van der Waals surface area contributed by atoms with Crippen molar-refractivity contribution in [2.75, 3.05) is 13.1 Å². The number of carbonyl (C=O) groups is 2. The van der Waals surface area contributed by atoms with Crippen molar-refractivity contribution in [1.82, 2.24) is 10.2 Å². The first-order chi connectivity index (χ1) is 7.92. The molecule has 4 nitrogen and oxygen atoms in total. The van der Waals surface area contributed by atoms with E-state index in [0.29, 0.717) is 0 Å². The van der Waals surface area contributed by atoms with Crippen molar-refractivity contribution in [3.8, 4) is 0 Å². The van der Waals surface area contributed by atoms with Gasteiger partial charge in [0.05, 0.1) is 0 Å². The molecule has 0 aliphatic carbocycles. The lowest BCUT2D eigenvalue weighted by Crippen LogP contribution is -2.67. The van der Waals surface area contributed by atoms with Crippen LogP contribution in [0.25, 0.3) is 0 Å². The van der Waals surface area contributed by atoms with Crippen molar-refractivity contribution in [3.63, 3.8) is 0 Å². The third-order valence-electron chi connectivity index (χ3n) is 2.72. The van der Waals surface area contributed by atoms with Crippen LogP contribution >= 0.6 is 0 Å². The molecule has 0 aromatic heterocycles. The predicted molar refractivity (Wildman–Crippen MR) is 49.8 cm³/mol. The number of amides is 2. The molecule has 1 rings (SSSR count). The van der Waals surface area contributed by atoms with Gasteiger partial charge in [0.2, 0.25) is 5.91 Å². The molecule has 0 saturated carbocycles. The molecule has 0 aromatic rings. The Morgan fingerprint density at radius 3 is 2.22 bits per heavy atom. The van der Waals surface area contributed by atoms with Gasteiger partial charge in [0.15, 0.2) is 0 Å². The summed E-state index contributed by atoms with van der Waals surface area (Å²) < 4.78 is 62.1. The summed E-state index contributed by atoms with van der Waals surface area (Å²) in [5, 5.41) is 2.29. The van der Waals surface area contributed by atoms with Gasteiger partial charge in [0.25, 0.3) is 0 Å². The minimum atomic E-state index is -5.98. The fraction of sp³-hybridized carbons (Fsp3) is 0.778. The van der Waals surface area contributed by atoms with Crippen LogP contribution in [0.5, 0.6) is 0 Å². The second-order valence-corrected chi connectivity index (χ2v) is 4.34. The fourth-order valence-electron chi connectivity index (χ4n) is 1.55. The minimum absolute atomic E-state index is 0.165. The zero-order chi connectivity index (χ0) is 14.4. The zero-order valence-electron chi connectivity index (χ0n) is 9.57. The smallest absolute Gasteiger partial charge is 0.352 e. The highest BCUT2D eigenvalue weighted by Gasteiger charge is 2.66. The Kier molecular flexibility index (Phi) is 3.30. The van der Waals surface area contributed by atoms with E-state index in [1.807, 2.05) is 0 Å². The summed E-state index contributed by atoms with van der Waals surface area (Å²) in [7, 11) is 0. The van der Waals surface area contributed by atoms with E-state index in [1.54, 1.807) is 0 Å². The van der Waals surface area contributed by atoms with Crippen molar-refractivity contribution in [3.05, 3.63) is 0 Å². The second-order valence-electron chi connectivity index (χ2n) is 4.34. The number of piperazine rings is 1. The summed E-state index contributed by atoms with van der Waals surface area (Å²) in [5.41, 5.74) is -1.75. The van der Waals surface area contributed by atoms with E-state index < -0.39 is 36.0 Å². The van der Waals surface area contributed by atoms with Gasteiger partial charge in [-0.05, 0) is 13.8 Å². The van der Waals surface area contributed by atoms with E-state index in [-0.39, 0.29) is 11.4 Å². The molecule has 0 unspecified atom stereocenters. The van der Waals surface area contributed by atoms with Crippen LogP contribution in [0.4, 0.5) is 22.0 Å². The maximum atomic E-state index is 12.9. The molecule has 0 bridgehead atoms. The van der Waals surface area contributed by atoms with E-state index in [0.717, 1.165) is 13.8 Å². The third-order valence-corrected chi connectivity index (χ3v) is 2.72. The van der Waals surface area contributed by atoms with Gasteiger partial charge in [-0.2, -0.15) is 22.0 Å². The van der Waals surface area contributed by atoms with Crippen molar-refractivity contribution in [1.29, 1.82) is 0 Å². The highest BCUT2D eigenvalue weighted by Crippen LogP contribution is 2.38. The minimum Gasteiger partial charge on any atom is -0.352 e. The molecule has 0 spiro atoms. The summed E-state index contributed by atoms with van der Waals surface area (Å²) in [6, 6.07) is 0. The van der Waals surface area contributed by atoms with Crippen LogP contribution < -0.4 is 5.32 Å². The van der Waals surface area contributed by atoms with Crippen LogP contribution in [0.3, 0.4) is 0 Å². The van der Waals surface area contributed by atoms with Crippen LogP contribution in [0.1, 0.15) is 13.8 Å². The van der Waals surface area contributed by atoms with Gasteiger partial charge in [-0.1, -0.05) is 0 Å². The average molecular weight is 274 g/mol. The van der Waals surface area contributed by atoms with Crippen molar-refractivity contribution in [2.24, 2.45) is 0 Å². The van der Waals surface area contributed by atoms with Crippen LogP contribution in [-0.4, -0.2) is 47.4 Å². The van der Waals surface area contributed by atoms with Crippen molar-refractivity contribution in [2.45, 2.75) is 31.5 Å². The first kappa shape index (κ1) is 14.7. The molecule has 1 N–H and O–H groups in total. The van der Waals surface area contributed by atoms with Crippen LogP contribution in [0, 0.1) is 0 Å². The molecule has 104 valence electrons. The monoisotopic (exact) mass is 274 g/mol. The molecule has 0 aromatic carbocycles. The first-order valence-electron chi connectivity index (χ1n) is 4.97. The average Bonchev–Trinajstić information content (AvgIpc) is 2.19. The maximum absolute atomic E-state index is 12.9. The summed E-state index contributed by atoms with van der Waals surface area (Å²) in [5.74, 6) is -8.68. The zero-order valence-corrected chi connectivity index (χ0v) is 9.57. The molecule has 1 aliphatic heterocycles. The van der Waals surface area contributed by atoms with Crippen LogP contribution in [0.15, 0.2) is 0 Å². The number of hydrogen-bond donors (Lipinski definition) is 1. The molecule has 0 atom stereocenters. The summed E-state index contributed by atoms with van der Waals surface area (Å²) in [6.07, 6.45) is -5.98. The fourth-order valence-corrected chi connectivity index (χ4v) is 1.55. The Labute approximate surface area is 99.1 Å². The second kappa shape index (κ2) is 4.06. The predicted octanol–water partition coefficient (Wildman–Crippen LogP) is 0.921. The Balaban J connectivity index is 3.07. The number of halogens is 5. The lowest BCUT2D eigenvalue weighted by molar-refractivity contribution is -0.276. The number of rotatable bonds is 1. The number of nitrogens with zero attached hydrogens (tertiary/aromatic N) is 1. The lowest BCUT2D eigenvalue weighted by atomic mass is 9.98. The molecule has 1 heterocycles. The molecule has 1 fully saturated rings. The van der Waals surface area contributed by atoms with Gasteiger partial charge < -0.3 is 10.2 Å². The molecule has 18 heavy (non-hydrogen) atoms. The lowest BCUT2D eigenvalue weighted by Gasteiger charge is -2.42. The van der Waals surface area contributed by atoms with Gasteiger partial charge >= 0.3 is 18.0 Å². The Hall–Kier alpha value is -1.41. The summed E-state index contributed by atoms with van der Waals surface area (Å²) in [6.45, 7) is 1.64. The Morgan fingerprint density at radius 1 is 1.28 bits per heavy atom. The van der Waals surface area contributed by atoms with Crippen molar-refractivity contribution < 1.29 is 31.5 Å². The number of alkyl halides is 5. The Morgan fingerprint density at radius 2 is 1.78 bits per heavy atom. The van der Waals surface area contributed by atoms with Gasteiger partial charge in [0.1, 0.15) is 5.54 Å². The molecule has 2 amide bonds. The molecular weight excluding hydrogens is 263 g/mol. The molecule has 0 radical (unpaired) electrons. The number of carbonyl (C=O) groups excluding carboxylic acids is 2. The molecular formula is C9H11F5N2O2. The highest BCUT2D eigenvalue weighted by atomic mass is 19.4. The van der Waals surface area contributed by atoms with E-state index >= 15 is 0 Å². The van der Waals surface area contributed by atoms with Gasteiger partial charge in [-0.25, -0.2) is 0 Å². The van der Waals surface area contributed by atoms with Crippen molar-refractivity contribution >= 4 is 11.8 Å². The quantitative estimate of drug-likeness (QED) is 0.723. The van der Waals surface area contributed by atoms with Gasteiger partial charge in [0, 0.05) is 13.1 Å². The SMILES string of the molecule is CC1(C)C(=O)NCCN1C(=O)C(F)(F)C(F)(F)F. The van der Waals surface area contributed by atoms with Gasteiger partial charge in [-0.3, -0.25) is 9.59 Å². The molecule has 1 aliphatic rings. The van der Waals surface area contributed by atoms with Gasteiger partial charge in [-0.15, -0.1) is 0 Å². The van der Waals surface area contributed by atoms with E-state index in [1.165, 1.54) is 0 Å². The largest absolute Gasteiger partial charge is 0.463 e.